The zero-order valence-electron chi connectivity index (χ0n) is 11.1. The molecule has 0 aliphatic rings. The average Bonchev–Trinajstić information content (AvgIpc) is 2.86. The summed E-state index contributed by atoms with van der Waals surface area (Å²) in [6, 6.07) is 19.4. The molecule has 0 aliphatic carbocycles. The molecule has 0 atom stereocenters. The Morgan fingerprint density at radius 2 is 1.70 bits per heavy atom. The van der Waals surface area contributed by atoms with Crippen molar-refractivity contribution in [1.82, 2.24) is 4.98 Å². The van der Waals surface area contributed by atoms with Gasteiger partial charge in [0.25, 0.3) is 0 Å². The number of aromatic nitrogens is 1. The van der Waals surface area contributed by atoms with Crippen molar-refractivity contribution < 1.29 is 0 Å². The molecule has 0 N–H and O–H groups in total. The molecule has 2 aromatic heterocycles. The summed E-state index contributed by atoms with van der Waals surface area (Å²) in [6.07, 6.45) is 1.88. The van der Waals surface area contributed by atoms with Gasteiger partial charge in [-0.2, -0.15) is 0 Å². The van der Waals surface area contributed by atoms with Crippen LogP contribution in [0.2, 0.25) is 0 Å². The van der Waals surface area contributed by atoms with Crippen molar-refractivity contribution in [3.05, 3.63) is 66.4 Å². The summed E-state index contributed by atoms with van der Waals surface area (Å²) in [6.45, 7) is 2.18. The molecule has 0 unspecified atom stereocenters. The molecule has 0 amide bonds. The van der Waals surface area contributed by atoms with E-state index in [4.69, 9.17) is 0 Å². The Labute approximate surface area is 123 Å². The number of hydrogen-bond donors (Lipinski definition) is 0. The van der Waals surface area contributed by atoms with Crippen LogP contribution in [0.4, 0.5) is 0 Å². The van der Waals surface area contributed by atoms with Gasteiger partial charge in [0, 0.05) is 0 Å². The standard InChI is InChI=1S/C18H13NSe/c1-12-9-10-14-13-6-2-3-8-16(13)20-18(14)17(12)15-7-4-5-11-19-15/h2-11H,1H3. The van der Waals surface area contributed by atoms with Gasteiger partial charge in [0.2, 0.25) is 0 Å². The van der Waals surface area contributed by atoms with Gasteiger partial charge in [-0.3, -0.25) is 0 Å². The number of nitrogens with zero attached hydrogens (tertiary/aromatic N) is 1. The number of aryl methyl sites for hydroxylation is 1. The van der Waals surface area contributed by atoms with Crippen LogP contribution in [-0.4, -0.2) is 19.5 Å². The van der Waals surface area contributed by atoms with Crippen molar-refractivity contribution in [2.24, 2.45) is 0 Å². The fraction of sp³-hybridized carbons (Fsp3) is 0.0556. The zero-order valence-corrected chi connectivity index (χ0v) is 12.8. The van der Waals surface area contributed by atoms with Crippen molar-refractivity contribution in [3.63, 3.8) is 0 Å². The molecule has 4 rings (SSSR count). The molecule has 2 aromatic carbocycles. The summed E-state index contributed by atoms with van der Waals surface area (Å²) in [5, 5.41) is 2.80. The van der Waals surface area contributed by atoms with Crippen LogP contribution in [-0.2, 0) is 0 Å². The van der Waals surface area contributed by atoms with Crippen LogP contribution in [0.1, 0.15) is 5.56 Å². The molecule has 96 valence electrons. The Hall–Kier alpha value is -1.89. The first kappa shape index (κ1) is 11.9. The quantitative estimate of drug-likeness (QED) is 0.473. The molecule has 0 bridgehead atoms. The van der Waals surface area contributed by atoms with Crippen molar-refractivity contribution in [2.45, 2.75) is 6.92 Å². The van der Waals surface area contributed by atoms with Crippen LogP contribution < -0.4 is 0 Å². The van der Waals surface area contributed by atoms with Gasteiger partial charge >= 0.3 is 123 Å². The van der Waals surface area contributed by atoms with E-state index in [1.54, 1.807) is 0 Å². The van der Waals surface area contributed by atoms with Gasteiger partial charge in [-0.05, 0) is 0 Å². The maximum atomic E-state index is 4.56. The van der Waals surface area contributed by atoms with Gasteiger partial charge in [-0.15, -0.1) is 0 Å². The second-order valence-corrected chi connectivity index (χ2v) is 7.15. The van der Waals surface area contributed by atoms with Crippen LogP contribution in [0.3, 0.4) is 0 Å². The molecule has 0 aliphatic heterocycles. The van der Waals surface area contributed by atoms with Gasteiger partial charge in [0.1, 0.15) is 0 Å². The Morgan fingerprint density at radius 3 is 2.55 bits per heavy atom. The van der Waals surface area contributed by atoms with Crippen molar-refractivity contribution >= 4 is 33.8 Å². The first-order valence-electron chi connectivity index (χ1n) is 6.67. The fourth-order valence-electron chi connectivity index (χ4n) is 2.72. The summed E-state index contributed by atoms with van der Waals surface area (Å²) in [5.41, 5.74) is 3.74. The summed E-state index contributed by atoms with van der Waals surface area (Å²) in [4.78, 5) is 4.56. The summed E-state index contributed by atoms with van der Waals surface area (Å²) >= 11 is 0.380. The normalized spacial score (nSPS) is 11.2. The third-order valence-electron chi connectivity index (χ3n) is 3.68. The molecule has 0 radical (unpaired) electrons. The number of pyridine rings is 1. The number of benzene rings is 2. The van der Waals surface area contributed by atoms with E-state index in [-0.39, 0.29) is 0 Å². The van der Waals surface area contributed by atoms with Crippen LogP contribution >= 0.6 is 0 Å². The van der Waals surface area contributed by atoms with Crippen molar-refractivity contribution in [3.8, 4) is 11.3 Å². The molecule has 0 fully saturated rings. The average molecular weight is 322 g/mol. The van der Waals surface area contributed by atoms with E-state index in [2.05, 4.69) is 60.4 Å². The van der Waals surface area contributed by atoms with E-state index >= 15 is 0 Å². The van der Waals surface area contributed by atoms with Crippen LogP contribution in [0.15, 0.2) is 60.8 Å². The molecular weight excluding hydrogens is 309 g/mol. The predicted octanol–water partition coefficient (Wildman–Crippen LogP) is 4.42. The summed E-state index contributed by atoms with van der Waals surface area (Å²) in [7, 11) is 0. The number of rotatable bonds is 1. The molecule has 4 aromatic rings. The first-order chi connectivity index (χ1) is 9.84. The summed E-state index contributed by atoms with van der Waals surface area (Å²) < 4.78 is 2.97. The Balaban J connectivity index is 2.17. The number of fused-ring (bicyclic) bond motifs is 3. The minimum absolute atomic E-state index is 0.380. The van der Waals surface area contributed by atoms with E-state index in [1.165, 1.54) is 30.4 Å². The zero-order chi connectivity index (χ0) is 13.5. The molecular formula is C18H13NSe. The second-order valence-electron chi connectivity index (χ2n) is 4.95. The van der Waals surface area contributed by atoms with E-state index in [0.717, 1.165) is 5.69 Å². The van der Waals surface area contributed by atoms with E-state index < -0.39 is 0 Å². The van der Waals surface area contributed by atoms with Crippen LogP contribution in [0, 0.1) is 6.92 Å². The molecule has 2 heterocycles. The van der Waals surface area contributed by atoms with Crippen LogP contribution in [0.5, 0.6) is 0 Å². The van der Waals surface area contributed by atoms with E-state index in [0.29, 0.717) is 14.5 Å². The predicted molar refractivity (Wildman–Crippen MR) is 86.4 cm³/mol. The van der Waals surface area contributed by atoms with E-state index in [1.807, 2.05) is 12.3 Å². The fourth-order valence-corrected chi connectivity index (χ4v) is 5.46. The molecule has 1 nitrogen and oxygen atoms in total. The molecule has 0 saturated heterocycles. The number of hydrogen-bond acceptors (Lipinski definition) is 1. The van der Waals surface area contributed by atoms with Crippen molar-refractivity contribution in [1.29, 1.82) is 0 Å². The van der Waals surface area contributed by atoms with Gasteiger partial charge in [-0.25, -0.2) is 0 Å². The van der Waals surface area contributed by atoms with E-state index in [9.17, 15) is 0 Å². The monoisotopic (exact) mass is 323 g/mol. The Morgan fingerprint density at radius 1 is 0.850 bits per heavy atom. The second kappa shape index (κ2) is 4.59. The van der Waals surface area contributed by atoms with Gasteiger partial charge < -0.3 is 0 Å². The molecule has 2 heteroatoms. The third kappa shape index (κ3) is 1.73. The third-order valence-corrected chi connectivity index (χ3v) is 6.20. The minimum atomic E-state index is 0.380. The Bertz CT molecular complexity index is 907. The van der Waals surface area contributed by atoms with Crippen LogP contribution in [0.25, 0.3) is 30.6 Å². The summed E-state index contributed by atoms with van der Waals surface area (Å²) in [5.74, 6) is 0. The molecule has 0 saturated carbocycles. The van der Waals surface area contributed by atoms with Gasteiger partial charge in [0.15, 0.2) is 0 Å². The molecule has 20 heavy (non-hydrogen) atoms. The SMILES string of the molecule is Cc1ccc2c([se]c3ccccc32)c1-c1ccccn1. The Kier molecular flexibility index (Phi) is 2.73. The topological polar surface area (TPSA) is 12.9 Å². The van der Waals surface area contributed by atoms with Crippen molar-refractivity contribution in [2.75, 3.05) is 0 Å². The maximum absolute atomic E-state index is 4.56. The first-order valence-corrected chi connectivity index (χ1v) is 8.38. The molecule has 0 spiro atoms. The van der Waals surface area contributed by atoms with Gasteiger partial charge in [0.05, 0.1) is 0 Å². The van der Waals surface area contributed by atoms with Gasteiger partial charge in [-0.1, -0.05) is 0 Å².